The van der Waals surface area contributed by atoms with E-state index in [1.807, 2.05) is 0 Å². The maximum atomic E-state index is 12.4. The van der Waals surface area contributed by atoms with E-state index in [2.05, 4.69) is 0 Å². The Morgan fingerprint density at radius 2 is 2.12 bits per heavy atom. The molecule has 1 atom stereocenters. The summed E-state index contributed by atoms with van der Waals surface area (Å²) in [6, 6.07) is 4.32. The molecule has 2 nitrogen and oxygen atoms in total. The molecule has 0 amide bonds. The van der Waals surface area contributed by atoms with Gasteiger partial charge in [-0.25, -0.2) is 0 Å². The van der Waals surface area contributed by atoms with Crippen LogP contribution in [0.4, 0.5) is 13.2 Å². The first-order valence-corrected chi connectivity index (χ1v) is 5.25. The van der Waals surface area contributed by atoms with E-state index >= 15 is 0 Å². The molecule has 0 spiro atoms. The molecule has 0 aliphatic carbocycles. The molecular formula is C11H10ClF3O2. The van der Waals surface area contributed by atoms with Crippen LogP contribution in [0.2, 0.25) is 0 Å². The number of hydrogen-bond donors (Lipinski definition) is 0. The van der Waals surface area contributed by atoms with Crippen LogP contribution in [0.15, 0.2) is 24.3 Å². The van der Waals surface area contributed by atoms with Crippen LogP contribution in [0.5, 0.6) is 5.75 Å². The van der Waals surface area contributed by atoms with Crippen LogP contribution < -0.4 is 4.74 Å². The molecule has 0 saturated carbocycles. The molecule has 0 saturated heterocycles. The predicted molar refractivity (Wildman–Crippen MR) is 57.0 cm³/mol. The molecule has 0 unspecified atom stereocenters. The first-order chi connectivity index (χ1) is 7.84. The van der Waals surface area contributed by atoms with Crippen LogP contribution in [0.1, 0.15) is 18.9 Å². The molecule has 17 heavy (non-hydrogen) atoms. The minimum absolute atomic E-state index is 0.0272. The lowest BCUT2D eigenvalue weighted by Gasteiger charge is -2.14. The molecule has 1 rings (SSSR count). The van der Waals surface area contributed by atoms with Gasteiger partial charge in [0.25, 0.3) is 5.24 Å². The highest BCUT2D eigenvalue weighted by Crippen LogP contribution is 2.31. The Morgan fingerprint density at radius 1 is 1.47 bits per heavy atom. The molecule has 0 aromatic heterocycles. The van der Waals surface area contributed by atoms with Crippen LogP contribution in [-0.2, 0) is 11.0 Å². The van der Waals surface area contributed by atoms with Gasteiger partial charge in [-0.2, -0.15) is 13.2 Å². The number of carbonyl (C=O) groups is 1. The second-order valence-corrected chi connectivity index (χ2v) is 3.72. The van der Waals surface area contributed by atoms with Gasteiger partial charge in [-0.05, 0) is 36.2 Å². The SMILES string of the molecule is CC[C@@H](Oc1cccc(C(F)(F)F)c1)C(=O)Cl. The van der Waals surface area contributed by atoms with E-state index in [0.29, 0.717) is 6.42 Å². The number of halogens is 4. The van der Waals surface area contributed by atoms with Gasteiger partial charge in [0.2, 0.25) is 0 Å². The lowest BCUT2D eigenvalue weighted by molar-refractivity contribution is -0.137. The second-order valence-electron chi connectivity index (χ2n) is 3.34. The van der Waals surface area contributed by atoms with E-state index in [1.165, 1.54) is 12.1 Å². The first-order valence-electron chi connectivity index (χ1n) is 4.88. The summed E-state index contributed by atoms with van der Waals surface area (Å²) < 4.78 is 42.3. The summed E-state index contributed by atoms with van der Waals surface area (Å²) in [5.74, 6) is -0.0272. The van der Waals surface area contributed by atoms with Gasteiger partial charge in [-0.1, -0.05) is 13.0 Å². The van der Waals surface area contributed by atoms with E-state index in [-0.39, 0.29) is 5.75 Å². The monoisotopic (exact) mass is 266 g/mol. The Balaban J connectivity index is 2.89. The molecule has 0 bridgehead atoms. The molecule has 0 N–H and O–H groups in total. The molecule has 1 aromatic carbocycles. The predicted octanol–water partition coefficient (Wildman–Crippen LogP) is 3.63. The van der Waals surface area contributed by atoms with Gasteiger partial charge in [0.1, 0.15) is 5.75 Å². The van der Waals surface area contributed by atoms with E-state index < -0.39 is 23.1 Å². The summed E-state index contributed by atoms with van der Waals surface area (Å²) in [6.45, 7) is 1.65. The smallest absolute Gasteiger partial charge is 0.416 e. The standard InChI is InChI=1S/C11H10ClF3O2/c1-2-9(10(12)16)17-8-5-3-4-7(6-8)11(13,14)15/h3-6,9H,2H2,1H3/t9-/m1/s1. The summed E-state index contributed by atoms with van der Waals surface area (Å²) in [4.78, 5) is 10.9. The van der Waals surface area contributed by atoms with Crippen molar-refractivity contribution >= 4 is 16.8 Å². The van der Waals surface area contributed by atoms with Crippen molar-refractivity contribution in [3.63, 3.8) is 0 Å². The maximum absolute atomic E-state index is 12.4. The number of carbonyl (C=O) groups excluding carboxylic acids is 1. The fraction of sp³-hybridized carbons (Fsp3) is 0.364. The van der Waals surface area contributed by atoms with Crippen LogP contribution in [-0.4, -0.2) is 11.3 Å². The fourth-order valence-corrected chi connectivity index (χ4v) is 1.40. The summed E-state index contributed by atoms with van der Waals surface area (Å²) in [6.07, 6.45) is -5.08. The maximum Gasteiger partial charge on any atom is 0.416 e. The first kappa shape index (κ1) is 13.8. The lowest BCUT2D eigenvalue weighted by Crippen LogP contribution is -2.22. The van der Waals surface area contributed by atoms with E-state index in [9.17, 15) is 18.0 Å². The molecular weight excluding hydrogens is 257 g/mol. The molecule has 1 aromatic rings. The third-order valence-corrected chi connectivity index (χ3v) is 2.31. The number of ether oxygens (including phenoxy) is 1. The van der Waals surface area contributed by atoms with Crippen LogP contribution in [0.3, 0.4) is 0 Å². The van der Waals surface area contributed by atoms with Crippen molar-refractivity contribution in [3.8, 4) is 5.75 Å². The number of hydrogen-bond acceptors (Lipinski definition) is 2. The van der Waals surface area contributed by atoms with Crippen molar-refractivity contribution in [1.82, 2.24) is 0 Å². The highest BCUT2D eigenvalue weighted by atomic mass is 35.5. The van der Waals surface area contributed by atoms with Crippen LogP contribution in [0, 0.1) is 0 Å². The summed E-state index contributed by atoms with van der Waals surface area (Å²) >= 11 is 5.24. The van der Waals surface area contributed by atoms with Crippen molar-refractivity contribution in [2.45, 2.75) is 25.6 Å². The average Bonchev–Trinajstić information content (AvgIpc) is 2.24. The largest absolute Gasteiger partial charge is 0.481 e. The molecule has 0 radical (unpaired) electrons. The van der Waals surface area contributed by atoms with Gasteiger partial charge in [0.15, 0.2) is 6.10 Å². The van der Waals surface area contributed by atoms with E-state index in [1.54, 1.807) is 6.92 Å². The molecule has 0 fully saturated rings. The van der Waals surface area contributed by atoms with Gasteiger partial charge in [0, 0.05) is 0 Å². The van der Waals surface area contributed by atoms with Gasteiger partial charge in [-0.3, -0.25) is 4.79 Å². The van der Waals surface area contributed by atoms with E-state index in [4.69, 9.17) is 16.3 Å². The highest BCUT2D eigenvalue weighted by molar-refractivity contribution is 6.64. The molecule has 0 aliphatic heterocycles. The lowest BCUT2D eigenvalue weighted by atomic mass is 10.2. The third kappa shape index (κ3) is 3.93. The summed E-state index contributed by atoms with van der Waals surface area (Å²) in [5.41, 5.74) is -0.827. The van der Waals surface area contributed by atoms with Crippen molar-refractivity contribution in [2.24, 2.45) is 0 Å². The zero-order chi connectivity index (χ0) is 13.1. The Kier molecular flexibility index (Phi) is 4.40. The second kappa shape index (κ2) is 5.40. The Morgan fingerprint density at radius 3 is 2.59 bits per heavy atom. The zero-order valence-corrected chi connectivity index (χ0v) is 9.68. The van der Waals surface area contributed by atoms with Crippen molar-refractivity contribution in [2.75, 3.05) is 0 Å². The zero-order valence-electron chi connectivity index (χ0n) is 8.92. The Labute approximate surface area is 101 Å². The third-order valence-electron chi connectivity index (χ3n) is 2.06. The van der Waals surface area contributed by atoms with Crippen molar-refractivity contribution in [3.05, 3.63) is 29.8 Å². The molecule has 6 heteroatoms. The topological polar surface area (TPSA) is 26.3 Å². The average molecular weight is 267 g/mol. The van der Waals surface area contributed by atoms with Crippen molar-refractivity contribution in [1.29, 1.82) is 0 Å². The number of alkyl halides is 3. The Hall–Kier alpha value is -1.23. The van der Waals surface area contributed by atoms with Gasteiger partial charge < -0.3 is 4.74 Å². The highest BCUT2D eigenvalue weighted by Gasteiger charge is 2.30. The normalized spacial score (nSPS) is 13.2. The van der Waals surface area contributed by atoms with Crippen molar-refractivity contribution < 1.29 is 22.7 Å². The summed E-state index contributed by atoms with van der Waals surface area (Å²) in [7, 11) is 0. The summed E-state index contributed by atoms with van der Waals surface area (Å²) in [5, 5.41) is -0.732. The molecule has 0 heterocycles. The van der Waals surface area contributed by atoms with E-state index in [0.717, 1.165) is 12.1 Å². The minimum Gasteiger partial charge on any atom is -0.481 e. The number of rotatable bonds is 4. The number of benzene rings is 1. The molecule has 0 aliphatic rings. The quantitative estimate of drug-likeness (QED) is 0.778. The Bertz CT molecular complexity index is 404. The minimum atomic E-state index is -4.44. The van der Waals surface area contributed by atoms with Crippen LogP contribution in [0.25, 0.3) is 0 Å². The van der Waals surface area contributed by atoms with Gasteiger partial charge >= 0.3 is 6.18 Å². The molecule has 94 valence electrons. The van der Waals surface area contributed by atoms with Gasteiger partial charge in [-0.15, -0.1) is 0 Å². The van der Waals surface area contributed by atoms with Crippen LogP contribution >= 0.6 is 11.6 Å². The fourth-order valence-electron chi connectivity index (χ4n) is 1.20. The van der Waals surface area contributed by atoms with Gasteiger partial charge in [0.05, 0.1) is 5.56 Å².